The zero-order valence-corrected chi connectivity index (χ0v) is 13.7. The van der Waals surface area contributed by atoms with Gasteiger partial charge in [0.05, 0.1) is 19.6 Å². The third-order valence-corrected chi connectivity index (χ3v) is 4.41. The highest BCUT2D eigenvalue weighted by Crippen LogP contribution is 2.20. The monoisotopic (exact) mass is 327 g/mol. The lowest BCUT2D eigenvalue weighted by Crippen LogP contribution is -2.45. The summed E-state index contributed by atoms with van der Waals surface area (Å²) in [5, 5.41) is 5.01. The van der Waals surface area contributed by atoms with Gasteiger partial charge in [0.2, 0.25) is 5.91 Å². The molecule has 0 unspecified atom stereocenters. The Morgan fingerprint density at radius 3 is 2.79 bits per heavy atom. The summed E-state index contributed by atoms with van der Waals surface area (Å²) in [5.41, 5.74) is 1.01. The lowest BCUT2D eigenvalue weighted by molar-refractivity contribution is -0.145. The standard InChI is InChI=1S/C19H21NO4/c1-23-19(22)17(20-18(21)15-9-10-24-12-15)11-14-7-4-6-13-5-2-3-8-16(13)14/h2-8,15,17H,9-12H2,1H3,(H,20,21)/t15-,17-/m0/s1. The van der Waals surface area contributed by atoms with E-state index in [2.05, 4.69) is 5.32 Å². The topological polar surface area (TPSA) is 64.6 Å². The van der Waals surface area contributed by atoms with E-state index in [1.807, 2.05) is 42.5 Å². The Hall–Kier alpha value is -2.40. The molecule has 0 aromatic heterocycles. The Labute approximate surface area is 140 Å². The van der Waals surface area contributed by atoms with Crippen molar-refractivity contribution in [2.24, 2.45) is 5.92 Å². The molecule has 1 saturated heterocycles. The summed E-state index contributed by atoms with van der Waals surface area (Å²) >= 11 is 0. The van der Waals surface area contributed by atoms with Crippen molar-refractivity contribution in [1.82, 2.24) is 5.32 Å². The molecule has 1 aliphatic heterocycles. The van der Waals surface area contributed by atoms with Crippen molar-refractivity contribution in [1.29, 1.82) is 0 Å². The predicted molar refractivity (Wildman–Crippen MR) is 90.5 cm³/mol. The van der Waals surface area contributed by atoms with Crippen LogP contribution in [0.2, 0.25) is 0 Å². The van der Waals surface area contributed by atoms with Gasteiger partial charge in [-0.25, -0.2) is 4.79 Å². The van der Waals surface area contributed by atoms with Gasteiger partial charge < -0.3 is 14.8 Å². The van der Waals surface area contributed by atoms with Gasteiger partial charge in [0.25, 0.3) is 0 Å². The van der Waals surface area contributed by atoms with Crippen molar-refractivity contribution in [3.05, 3.63) is 48.0 Å². The number of methoxy groups -OCH3 is 1. The van der Waals surface area contributed by atoms with Crippen molar-refractivity contribution in [2.75, 3.05) is 20.3 Å². The van der Waals surface area contributed by atoms with Crippen molar-refractivity contribution in [2.45, 2.75) is 18.9 Å². The van der Waals surface area contributed by atoms with Crippen LogP contribution in [0.15, 0.2) is 42.5 Å². The maximum absolute atomic E-state index is 12.3. The van der Waals surface area contributed by atoms with Crippen LogP contribution in [0, 0.1) is 5.92 Å². The van der Waals surface area contributed by atoms with Crippen LogP contribution >= 0.6 is 0 Å². The average Bonchev–Trinajstić information content (AvgIpc) is 3.15. The summed E-state index contributed by atoms with van der Waals surface area (Å²) < 4.78 is 10.1. The second-order valence-electron chi connectivity index (χ2n) is 5.99. The fourth-order valence-corrected chi connectivity index (χ4v) is 3.06. The number of ether oxygens (including phenoxy) is 2. The molecule has 0 radical (unpaired) electrons. The highest BCUT2D eigenvalue weighted by molar-refractivity contribution is 5.89. The van der Waals surface area contributed by atoms with Gasteiger partial charge in [-0.3, -0.25) is 4.79 Å². The first-order valence-electron chi connectivity index (χ1n) is 8.11. The highest BCUT2D eigenvalue weighted by Gasteiger charge is 2.29. The zero-order valence-electron chi connectivity index (χ0n) is 13.7. The molecule has 1 fully saturated rings. The second-order valence-corrected chi connectivity index (χ2v) is 5.99. The quantitative estimate of drug-likeness (QED) is 0.854. The molecule has 2 aromatic carbocycles. The van der Waals surface area contributed by atoms with Crippen molar-refractivity contribution < 1.29 is 19.1 Å². The molecule has 1 N–H and O–H groups in total. The number of carbonyl (C=O) groups excluding carboxylic acids is 2. The Bertz CT molecular complexity index is 732. The second kappa shape index (κ2) is 7.45. The number of hydrogen-bond donors (Lipinski definition) is 1. The van der Waals surface area contributed by atoms with E-state index < -0.39 is 12.0 Å². The fraction of sp³-hybridized carbons (Fsp3) is 0.368. The third-order valence-electron chi connectivity index (χ3n) is 4.41. The minimum atomic E-state index is -0.700. The van der Waals surface area contributed by atoms with Crippen LogP contribution in [-0.4, -0.2) is 38.2 Å². The van der Waals surface area contributed by atoms with Crippen LogP contribution in [0.5, 0.6) is 0 Å². The van der Waals surface area contributed by atoms with Gasteiger partial charge >= 0.3 is 5.97 Å². The number of carbonyl (C=O) groups is 2. The van der Waals surface area contributed by atoms with Gasteiger partial charge in [-0.15, -0.1) is 0 Å². The molecule has 1 amide bonds. The van der Waals surface area contributed by atoms with Gasteiger partial charge in [0, 0.05) is 13.0 Å². The minimum absolute atomic E-state index is 0.150. The van der Waals surface area contributed by atoms with Gasteiger partial charge in [0.1, 0.15) is 6.04 Å². The molecule has 126 valence electrons. The first-order valence-corrected chi connectivity index (χ1v) is 8.11. The van der Waals surface area contributed by atoms with Crippen molar-refractivity contribution in [3.63, 3.8) is 0 Å². The molecular formula is C19H21NO4. The van der Waals surface area contributed by atoms with E-state index in [0.29, 0.717) is 26.1 Å². The number of amides is 1. The van der Waals surface area contributed by atoms with E-state index in [1.54, 1.807) is 0 Å². The van der Waals surface area contributed by atoms with E-state index in [-0.39, 0.29) is 11.8 Å². The summed E-state index contributed by atoms with van der Waals surface area (Å²) in [4.78, 5) is 24.5. The molecular weight excluding hydrogens is 306 g/mol. The van der Waals surface area contributed by atoms with Crippen LogP contribution in [0.3, 0.4) is 0 Å². The minimum Gasteiger partial charge on any atom is -0.467 e. The molecule has 0 aliphatic carbocycles. The molecule has 0 bridgehead atoms. The summed E-state index contributed by atoms with van der Waals surface area (Å²) in [7, 11) is 1.34. The largest absolute Gasteiger partial charge is 0.467 e. The van der Waals surface area contributed by atoms with Gasteiger partial charge in [-0.1, -0.05) is 42.5 Å². The molecule has 1 aliphatic rings. The van der Waals surface area contributed by atoms with E-state index in [4.69, 9.17) is 9.47 Å². The molecule has 2 atom stereocenters. The number of hydrogen-bond acceptors (Lipinski definition) is 4. The van der Waals surface area contributed by atoms with Crippen LogP contribution in [0.25, 0.3) is 10.8 Å². The van der Waals surface area contributed by atoms with Gasteiger partial charge in [0.15, 0.2) is 0 Å². The first-order chi connectivity index (χ1) is 11.7. The molecule has 0 saturated carbocycles. The normalized spacial score (nSPS) is 18.3. The summed E-state index contributed by atoms with van der Waals surface area (Å²) in [6.07, 6.45) is 1.08. The zero-order chi connectivity index (χ0) is 16.9. The number of rotatable bonds is 5. The lowest BCUT2D eigenvalue weighted by atomic mass is 9.98. The molecule has 24 heavy (non-hydrogen) atoms. The van der Waals surface area contributed by atoms with E-state index >= 15 is 0 Å². The summed E-state index contributed by atoms with van der Waals surface area (Å²) in [6.45, 7) is 0.998. The Morgan fingerprint density at radius 2 is 2.04 bits per heavy atom. The van der Waals surface area contributed by atoms with Crippen LogP contribution < -0.4 is 5.32 Å². The lowest BCUT2D eigenvalue weighted by Gasteiger charge is -2.19. The molecule has 5 nitrogen and oxygen atoms in total. The molecule has 2 aromatic rings. The van der Waals surface area contributed by atoms with Gasteiger partial charge in [-0.05, 0) is 22.8 Å². The highest BCUT2D eigenvalue weighted by atomic mass is 16.5. The summed E-state index contributed by atoms with van der Waals surface area (Å²) in [6, 6.07) is 13.3. The number of benzene rings is 2. The number of fused-ring (bicyclic) bond motifs is 1. The molecule has 0 spiro atoms. The average molecular weight is 327 g/mol. The Kier molecular flexibility index (Phi) is 5.11. The van der Waals surface area contributed by atoms with E-state index in [0.717, 1.165) is 16.3 Å². The van der Waals surface area contributed by atoms with Crippen molar-refractivity contribution in [3.8, 4) is 0 Å². The van der Waals surface area contributed by atoms with Crippen molar-refractivity contribution >= 4 is 22.6 Å². The van der Waals surface area contributed by atoms with Crippen LogP contribution in [0.1, 0.15) is 12.0 Å². The maximum atomic E-state index is 12.3. The Balaban J connectivity index is 1.81. The first kappa shape index (κ1) is 16.5. The molecule has 3 rings (SSSR count). The Morgan fingerprint density at radius 1 is 1.25 bits per heavy atom. The van der Waals surface area contributed by atoms with E-state index in [1.165, 1.54) is 7.11 Å². The molecule has 5 heteroatoms. The maximum Gasteiger partial charge on any atom is 0.328 e. The third kappa shape index (κ3) is 3.57. The summed E-state index contributed by atoms with van der Waals surface area (Å²) in [5.74, 6) is -0.775. The predicted octanol–water partition coefficient (Wildman–Crippen LogP) is 2.08. The number of nitrogens with one attached hydrogen (secondary N) is 1. The van der Waals surface area contributed by atoms with Crippen LogP contribution in [0.4, 0.5) is 0 Å². The van der Waals surface area contributed by atoms with Gasteiger partial charge in [-0.2, -0.15) is 0 Å². The SMILES string of the molecule is COC(=O)[C@H](Cc1cccc2ccccc12)NC(=O)[C@H]1CCOC1. The number of esters is 1. The molecule has 1 heterocycles. The smallest absolute Gasteiger partial charge is 0.328 e. The fourth-order valence-electron chi connectivity index (χ4n) is 3.06. The van der Waals surface area contributed by atoms with E-state index in [9.17, 15) is 9.59 Å². The van der Waals surface area contributed by atoms with Crippen LogP contribution in [-0.2, 0) is 25.5 Å².